The predicted molar refractivity (Wildman–Crippen MR) is 84.5 cm³/mol. The zero-order valence-corrected chi connectivity index (χ0v) is 13.5. The zero-order valence-electron chi connectivity index (χ0n) is 12.0. The van der Waals surface area contributed by atoms with Crippen LogP contribution < -0.4 is 5.32 Å². The lowest BCUT2D eigenvalue weighted by Crippen LogP contribution is -2.49. The number of nitrogens with one attached hydrogen (secondary N) is 1. The molecule has 1 aliphatic rings. The molecule has 20 heavy (non-hydrogen) atoms. The van der Waals surface area contributed by atoms with Crippen molar-refractivity contribution in [2.45, 2.75) is 19.9 Å². The van der Waals surface area contributed by atoms with E-state index in [1.165, 1.54) is 0 Å². The maximum absolute atomic E-state index is 9.80. The van der Waals surface area contributed by atoms with E-state index in [4.69, 9.17) is 23.2 Å². The molecule has 5 heteroatoms. The van der Waals surface area contributed by atoms with Crippen LogP contribution in [0.4, 0.5) is 0 Å². The number of benzene rings is 1. The van der Waals surface area contributed by atoms with Gasteiger partial charge in [0, 0.05) is 54.3 Å². The maximum atomic E-state index is 9.80. The summed E-state index contributed by atoms with van der Waals surface area (Å²) in [6.45, 7) is 8.03. The van der Waals surface area contributed by atoms with Gasteiger partial charge in [0.2, 0.25) is 0 Å². The molecular formula is C15H22Cl2N2O. The second-order valence-electron chi connectivity index (χ2n) is 6.00. The van der Waals surface area contributed by atoms with E-state index in [0.29, 0.717) is 10.0 Å². The monoisotopic (exact) mass is 316 g/mol. The second kappa shape index (κ2) is 6.63. The number of halogens is 2. The average Bonchev–Trinajstić information content (AvgIpc) is 2.44. The molecule has 0 aromatic heterocycles. The Hall–Kier alpha value is -0.320. The summed E-state index contributed by atoms with van der Waals surface area (Å²) in [5.74, 6) is 0. The van der Waals surface area contributed by atoms with Crippen molar-refractivity contribution in [3.05, 3.63) is 33.8 Å². The minimum absolute atomic E-state index is 0.0563. The molecule has 112 valence electrons. The van der Waals surface area contributed by atoms with E-state index >= 15 is 0 Å². The van der Waals surface area contributed by atoms with Crippen LogP contribution in [0.1, 0.15) is 25.5 Å². The normalized spacial score (nSPS) is 19.1. The Morgan fingerprint density at radius 1 is 1.30 bits per heavy atom. The van der Waals surface area contributed by atoms with Crippen molar-refractivity contribution in [1.29, 1.82) is 0 Å². The van der Waals surface area contributed by atoms with Crippen LogP contribution in [-0.2, 0) is 0 Å². The summed E-state index contributed by atoms with van der Waals surface area (Å²) in [6.07, 6.45) is 0. The van der Waals surface area contributed by atoms with Gasteiger partial charge in [-0.25, -0.2) is 0 Å². The molecule has 0 spiro atoms. The summed E-state index contributed by atoms with van der Waals surface area (Å²) in [7, 11) is 0. The number of piperazine rings is 1. The van der Waals surface area contributed by atoms with Gasteiger partial charge in [-0.15, -0.1) is 0 Å². The molecule has 1 aromatic rings. The third kappa shape index (κ3) is 3.46. The van der Waals surface area contributed by atoms with Gasteiger partial charge in [-0.1, -0.05) is 37.0 Å². The van der Waals surface area contributed by atoms with Crippen LogP contribution in [0, 0.1) is 5.41 Å². The molecule has 0 unspecified atom stereocenters. The van der Waals surface area contributed by atoms with Gasteiger partial charge >= 0.3 is 0 Å². The van der Waals surface area contributed by atoms with E-state index in [-0.39, 0.29) is 18.1 Å². The molecule has 0 amide bonds. The van der Waals surface area contributed by atoms with Gasteiger partial charge in [-0.3, -0.25) is 4.90 Å². The molecule has 2 rings (SSSR count). The van der Waals surface area contributed by atoms with Gasteiger partial charge in [0.15, 0.2) is 0 Å². The van der Waals surface area contributed by atoms with Crippen molar-refractivity contribution in [3.63, 3.8) is 0 Å². The Balaban J connectivity index is 2.42. The van der Waals surface area contributed by atoms with E-state index < -0.39 is 0 Å². The van der Waals surface area contributed by atoms with Crippen molar-refractivity contribution in [1.82, 2.24) is 10.2 Å². The van der Waals surface area contributed by atoms with Crippen LogP contribution in [0.25, 0.3) is 0 Å². The molecule has 0 aliphatic carbocycles. The highest BCUT2D eigenvalue weighted by molar-refractivity contribution is 6.33. The largest absolute Gasteiger partial charge is 0.396 e. The van der Waals surface area contributed by atoms with E-state index in [2.05, 4.69) is 24.1 Å². The fraction of sp³-hybridized carbons (Fsp3) is 0.600. The topological polar surface area (TPSA) is 35.5 Å². The van der Waals surface area contributed by atoms with Crippen LogP contribution in [-0.4, -0.2) is 42.8 Å². The van der Waals surface area contributed by atoms with Crippen molar-refractivity contribution in [2.24, 2.45) is 5.41 Å². The average molecular weight is 317 g/mol. The fourth-order valence-corrected chi connectivity index (χ4v) is 3.26. The number of aliphatic hydroxyl groups excluding tert-OH is 1. The summed E-state index contributed by atoms with van der Waals surface area (Å²) >= 11 is 12.5. The Morgan fingerprint density at radius 2 is 1.95 bits per heavy atom. The molecule has 1 aliphatic heterocycles. The number of hydrogen-bond acceptors (Lipinski definition) is 3. The maximum Gasteiger partial charge on any atom is 0.0500 e. The van der Waals surface area contributed by atoms with Crippen molar-refractivity contribution in [2.75, 3.05) is 32.8 Å². The van der Waals surface area contributed by atoms with E-state index in [9.17, 15) is 5.11 Å². The highest BCUT2D eigenvalue weighted by Crippen LogP contribution is 2.41. The Labute approximate surface area is 130 Å². The van der Waals surface area contributed by atoms with Gasteiger partial charge in [-0.2, -0.15) is 0 Å². The lowest BCUT2D eigenvalue weighted by molar-refractivity contribution is 0.0306. The minimum atomic E-state index is -0.286. The number of aliphatic hydroxyl groups is 1. The van der Waals surface area contributed by atoms with Crippen LogP contribution in [0.2, 0.25) is 10.0 Å². The molecule has 1 aromatic carbocycles. The summed E-state index contributed by atoms with van der Waals surface area (Å²) in [6, 6.07) is 5.62. The van der Waals surface area contributed by atoms with E-state index in [0.717, 1.165) is 31.7 Å². The van der Waals surface area contributed by atoms with Gasteiger partial charge in [-0.05, 0) is 23.8 Å². The van der Waals surface area contributed by atoms with Gasteiger partial charge < -0.3 is 10.4 Å². The van der Waals surface area contributed by atoms with Crippen molar-refractivity contribution < 1.29 is 5.11 Å². The molecule has 2 N–H and O–H groups in total. The Kier molecular flexibility index (Phi) is 5.32. The quantitative estimate of drug-likeness (QED) is 0.896. The molecule has 1 saturated heterocycles. The van der Waals surface area contributed by atoms with Gasteiger partial charge in [0.25, 0.3) is 0 Å². The SMILES string of the molecule is CC(C)(CO)[C@H](c1cc(Cl)ccc1Cl)N1CCNCC1. The zero-order chi connectivity index (χ0) is 14.8. The molecule has 0 bridgehead atoms. The lowest BCUT2D eigenvalue weighted by Gasteiger charge is -2.43. The summed E-state index contributed by atoms with van der Waals surface area (Å²) in [4.78, 5) is 2.38. The highest BCUT2D eigenvalue weighted by Gasteiger charge is 2.36. The molecule has 1 heterocycles. The van der Waals surface area contributed by atoms with Crippen molar-refractivity contribution in [3.8, 4) is 0 Å². The molecule has 0 radical (unpaired) electrons. The molecule has 1 fully saturated rings. The molecule has 0 saturated carbocycles. The van der Waals surface area contributed by atoms with Crippen LogP contribution in [0.15, 0.2) is 18.2 Å². The first-order valence-corrected chi connectivity index (χ1v) is 7.72. The minimum Gasteiger partial charge on any atom is -0.396 e. The molecule has 3 nitrogen and oxygen atoms in total. The standard InChI is InChI=1S/C15H22Cl2N2O/c1-15(2,10-20)14(19-7-5-18-6-8-19)12-9-11(16)3-4-13(12)17/h3-4,9,14,18,20H,5-8,10H2,1-2H3/t14-/m0/s1. The first kappa shape index (κ1) is 16.1. The summed E-state index contributed by atoms with van der Waals surface area (Å²) in [5.41, 5.74) is 0.714. The van der Waals surface area contributed by atoms with E-state index in [1.54, 1.807) is 6.07 Å². The van der Waals surface area contributed by atoms with Crippen LogP contribution in [0.5, 0.6) is 0 Å². The van der Waals surface area contributed by atoms with Crippen molar-refractivity contribution >= 4 is 23.2 Å². The summed E-state index contributed by atoms with van der Waals surface area (Å²) in [5, 5.41) is 14.5. The Bertz CT molecular complexity index is 459. The highest BCUT2D eigenvalue weighted by atomic mass is 35.5. The Morgan fingerprint density at radius 3 is 2.55 bits per heavy atom. The third-order valence-electron chi connectivity index (χ3n) is 3.92. The van der Waals surface area contributed by atoms with E-state index in [1.807, 2.05) is 12.1 Å². The first-order chi connectivity index (χ1) is 9.45. The fourth-order valence-electron chi connectivity index (χ4n) is 2.86. The molecule has 1 atom stereocenters. The lowest BCUT2D eigenvalue weighted by atomic mass is 9.79. The first-order valence-electron chi connectivity index (χ1n) is 6.96. The number of nitrogens with zero attached hydrogens (tertiary/aromatic N) is 1. The second-order valence-corrected chi connectivity index (χ2v) is 6.84. The van der Waals surface area contributed by atoms with Gasteiger partial charge in [0.05, 0.1) is 0 Å². The number of rotatable bonds is 4. The smallest absolute Gasteiger partial charge is 0.0500 e. The third-order valence-corrected chi connectivity index (χ3v) is 4.50. The number of hydrogen-bond donors (Lipinski definition) is 2. The van der Waals surface area contributed by atoms with Crippen LogP contribution in [0.3, 0.4) is 0 Å². The molecular weight excluding hydrogens is 295 g/mol. The van der Waals surface area contributed by atoms with Crippen LogP contribution >= 0.6 is 23.2 Å². The predicted octanol–water partition coefficient (Wildman–Crippen LogP) is 2.96. The summed E-state index contributed by atoms with van der Waals surface area (Å²) < 4.78 is 0. The van der Waals surface area contributed by atoms with Gasteiger partial charge in [0.1, 0.15) is 0 Å².